The average molecular weight is 229 g/mol. The van der Waals surface area contributed by atoms with E-state index in [1.165, 1.54) is 18.4 Å². The van der Waals surface area contributed by atoms with E-state index in [0.717, 1.165) is 25.3 Å². The Bertz CT molecular complexity index is 409. The molecule has 0 radical (unpaired) electrons. The Morgan fingerprint density at radius 2 is 2.00 bits per heavy atom. The van der Waals surface area contributed by atoms with Crippen LogP contribution in [-0.4, -0.2) is 29.5 Å². The van der Waals surface area contributed by atoms with Gasteiger partial charge >= 0.3 is 0 Å². The maximum atomic E-state index is 5.96. The molecule has 1 heterocycles. The second-order valence-corrected chi connectivity index (χ2v) is 5.02. The summed E-state index contributed by atoms with van der Waals surface area (Å²) in [7, 11) is 0. The van der Waals surface area contributed by atoms with Crippen LogP contribution >= 0.6 is 0 Å². The first-order chi connectivity index (χ1) is 8.34. The van der Waals surface area contributed by atoms with Crippen LogP contribution in [0, 0.1) is 0 Å². The van der Waals surface area contributed by atoms with Crippen LogP contribution in [0.4, 0.5) is 0 Å². The molecule has 1 aromatic rings. The third-order valence-corrected chi connectivity index (χ3v) is 3.67. The van der Waals surface area contributed by atoms with Crippen LogP contribution in [-0.2, 0) is 6.42 Å². The fourth-order valence-electron chi connectivity index (χ4n) is 2.60. The van der Waals surface area contributed by atoms with Crippen molar-refractivity contribution in [2.75, 3.05) is 6.54 Å². The number of hydrogen-bond acceptors (Lipinski definition) is 3. The Balaban J connectivity index is 1.59. The van der Waals surface area contributed by atoms with E-state index in [0.29, 0.717) is 12.1 Å². The number of hydrogen-bond donors (Lipinski definition) is 1. The highest BCUT2D eigenvalue weighted by Crippen LogP contribution is 2.31. The van der Waals surface area contributed by atoms with Crippen molar-refractivity contribution >= 4 is 5.96 Å². The molecule has 1 unspecified atom stereocenters. The normalized spacial score (nSPS) is 23.9. The third-order valence-electron chi connectivity index (χ3n) is 3.67. The van der Waals surface area contributed by atoms with Crippen molar-refractivity contribution in [1.82, 2.24) is 4.90 Å². The van der Waals surface area contributed by atoms with Gasteiger partial charge in [-0.3, -0.25) is 4.99 Å². The summed E-state index contributed by atoms with van der Waals surface area (Å²) in [6, 6.07) is 11.9. The van der Waals surface area contributed by atoms with Crippen LogP contribution in [0.5, 0.6) is 0 Å². The first-order valence-electron chi connectivity index (χ1n) is 6.47. The quantitative estimate of drug-likeness (QED) is 0.855. The zero-order valence-corrected chi connectivity index (χ0v) is 10.0. The summed E-state index contributed by atoms with van der Waals surface area (Å²) in [4.78, 5) is 6.74. The van der Waals surface area contributed by atoms with Gasteiger partial charge in [0, 0.05) is 6.04 Å². The van der Waals surface area contributed by atoms with Crippen molar-refractivity contribution in [2.24, 2.45) is 10.7 Å². The summed E-state index contributed by atoms with van der Waals surface area (Å²) >= 11 is 0. The van der Waals surface area contributed by atoms with Crippen LogP contribution in [0.1, 0.15) is 24.8 Å². The van der Waals surface area contributed by atoms with Crippen LogP contribution in [0.15, 0.2) is 35.3 Å². The van der Waals surface area contributed by atoms with Gasteiger partial charge in [-0.2, -0.15) is 0 Å². The molecule has 0 aromatic heterocycles. The molecular formula is C14H19N3. The molecule has 2 N–H and O–H groups in total. The highest BCUT2D eigenvalue weighted by atomic mass is 15.4. The summed E-state index contributed by atoms with van der Waals surface area (Å²) in [5, 5.41) is 0. The van der Waals surface area contributed by atoms with Gasteiger partial charge < -0.3 is 10.6 Å². The number of rotatable bonds is 4. The number of nitrogens with two attached hydrogens (primary N) is 1. The zero-order chi connectivity index (χ0) is 11.7. The Labute approximate surface area is 102 Å². The van der Waals surface area contributed by atoms with E-state index in [9.17, 15) is 0 Å². The smallest absolute Gasteiger partial charge is 0.191 e. The maximum absolute atomic E-state index is 5.96. The van der Waals surface area contributed by atoms with Gasteiger partial charge in [-0.25, -0.2) is 0 Å². The summed E-state index contributed by atoms with van der Waals surface area (Å²) in [6.07, 6.45) is 4.86. The fourth-order valence-corrected chi connectivity index (χ4v) is 2.60. The van der Waals surface area contributed by atoms with Gasteiger partial charge in [0.25, 0.3) is 0 Å². The van der Waals surface area contributed by atoms with E-state index >= 15 is 0 Å². The van der Waals surface area contributed by atoms with E-state index in [2.05, 4.69) is 40.2 Å². The monoisotopic (exact) mass is 229 g/mol. The van der Waals surface area contributed by atoms with Crippen molar-refractivity contribution in [2.45, 2.75) is 37.8 Å². The number of aryl methyl sites for hydroxylation is 1. The van der Waals surface area contributed by atoms with Crippen LogP contribution in [0.2, 0.25) is 0 Å². The first-order valence-corrected chi connectivity index (χ1v) is 6.47. The molecule has 0 saturated heterocycles. The molecule has 3 heteroatoms. The summed E-state index contributed by atoms with van der Waals surface area (Å²) < 4.78 is 0. The van der Waals surface area contributed by atoms with E-state index in [1.807, 2.05) is 0 Å². The predicted octanol–water partition coefficient (Wildman–Crippen LogP) is 1.78. The lowest BCUT2D eigenvalue weighted by Gasteiger charge is -2.26. The van der Waals surface area contributed by atoms with Gasteiger partial charge in [0.1, 0.15) is 0 Å². The SMILES string of the molecule is NC1=NCC(CCc2ccccc2)N1C1CC1. The molecule has 1 aliphatic carbocycles. The number of nitrogens with zero attached hydrogens (tertiary/aromatic N) is 2. The van der Waals surface area contributed by atoms with Gasteiger partial charge in [-0.1, -0.05) is 30.3 Å². The highest BCUT2D eigenvalue weighted by Gasteiger charge is 2.37. The summed E-state index contributed by atoms with van der Waals surface area (Å²) in [5.74, 6) is 0.769. The van der Waals surface area contributed by atoms with Gasteiger partial charge in [-0.05, 0) is 31.2 Å². The van der Waals surface area contributed by atoms with Gasteiger partial charge in [-0.15, -0.1) is 0 Å². The minimum Gasteiger partial charge on any atom is -0.370 e. The molecule has 1 aromatic carbocycles. The van der Waals surface area contributed by atoms with Crippen molar-refractivity contribution in [3.05, 3.63) is 35.9 Å². The minimum absolute atomic E-state index is 0.530. The largest absolute Gasteiger partial charge is 0.370 e. The molecule has 1 aliphatic heterocycles. The molecule has 0 amide bonds. The van der Waals surface area contributed by atoms with E-state index < -0.39 is 0 Å². The van der Waals surface area contributed by atoms with Crippen LogP contribution in [0.3, 0.4) is 0 Å². The van der Waals surface area contributed by atoms with Crippen LogP contribution in [0.25, 0.3) is 0 Å². The van der Waals surface area contributed by atoms with E-state index in [1.54, 1.807) is 0 Å². The molecule has 1 fully saturated rings. The molecule has 1 saturated carbocycles. The third kappa shape index (κ3) is 2.28. The molecule has 17 heavy (non-hydrogen) atoms. The van der Waals surface area contributed by atoms with Crippen molar-refractivity contribution in [3.8, 4) is 0 Å². The second kappa shape index (κ2) is 4.40. The van der Waals surface area contributed by atoms with Gasteiger partial charge in [0.15, 0.2) is 5.96 Å². The number of benzene rings is 1. The Hall–Kier alpha value is -1.51. The standard InChI is InChI=1S/C14H19N3/c15-14-16-10-13(17(14)12-8-9-12)7-6-11-4-2-1-3-5-11/h1-5,12-13H,6-10H2,(H2,15,16). The molecule has 3 rings (SSSR count). The molecule has 90 valence electrons. The van der Waals surface area contributed by atoms with Crippen molar-refractivity contribution in [1.29, 1.82) is 0 Å². The summed E-state index contributed by atoms with van der Waals surface area (Å²) in [5.41, 5.74) is 7.37. The van der Waals surface area contributed by atoms with E-state index in [-0.39, 0.29) is 0 Å². The molecule has 0 bridgehead atoms. The summed E-state index contributed by atoms with van der Waals surface area (Å²) in [6.45, 7) is 0.884. The lowest BCUT2D eigenvalue weighted by molar-refractivity contribution is 0.315. The maximum Gasteiger partial charge on any atom is 0.191 e. The molecule has 1 atom stereocenters. The number of aliphatic imine (C=N–C) groups is 1. The average Bonchev–Trinajstić information content (AvgIpc) is 3.12. The van der Waals surface area contributed by atoms with E-state index in [4.69, 9.17) is 5.73 Å². The first kappa shape index (κ1) is 10.6. The molecule has 0 spiro atoms. The lowest BCUT2D eigenvalue weighted by Crippen LogP contribution is -2.42. The Morgan fingerprint density at radius 3 is 2.71 bits per heavy atom. The van der Waals surface area contributed by atoms with Crippen molar-refractivity contribution < 1.29 is 0 Å². The topological polar surface area (TPSA) is 41.6 Å². The lowest BCUT2D eigenvalue weighted by atomic mass is 10.0. The predicted molar refractivity (Wildman–Crippen MR) is 69.9 cm³/mol. The molecular weight excluding hydrogens is 210 g/mol. The fraction of sp³-hybridized carbons (Fsp3) is 0.500. The van der Waals surface area contributed by atoms with Gasteiger partial charge in [0.2, 0.25) is 0 Å². The van der Waals surface area contributed by atoms with Crippen molar-refractivity contribution in [3.63, 3.8) is 0 Å². The number of guanidine groups is 1. The molecule has 3 nitrogen and oxygen atoms in total. The second-order valence-electron chi connectivity index (χ2n) is 5.02. The zero-order valence-electron chi connectivity index (χ0n) is 10.0. The Morgan fingerprint density at radius 1 is 1.24 bits per heavy atom. The molecule has 2 aliphatic rings. The van der Waals surface area contributed by atoms with Crippen LogP contribution < -0.4 is 5.73 Å². The highest BCUT2D eigenvalue weighted by molar-refractivity contribution is 5.80. The Kier molecular flexibility index (Phi) is 2.75. The van der Waals surface area contributed by atoms with Gasteiger partial charge in [0.05, 0.1) is 12.6 Å². The minimum atomic E-state index is 0.530.